The van der Waals surface area contributed by atoms with Gasteiger partial charge in [0.2, 0.25) is 27.7 Å². The Morgan fingerprint density at radius 3 is 2.47 bits per heavy atom. The fourth-order valence-corrected chi connectivity index (χ4v) is 9.41. The third kappa shape index (κ3) is 8.36. The normalized spacial score (nSPS) is 23.8. The van der Waals surface area contributed by atoms with Gasteiger partial charge in [0.05, 0.1) is 54.9 Å². The Morgan fingerprint density at radius 1 is 1.10 bits per heavy atom. The number of rotatable bonds is 13. The maximum absolute atomic E-state index is 14.9. The van der Waals surface area contributed by atoms with Gasteiger partial charge in [0.1, 0.15) is 34.2 Å². The van der Waals surface area contributed by atoms with Crippen molar-refractivity contribution in [3.8, 4) is 22.9 Å². The molecule has 2 saturated heterocycles. The fourth-order valence-electron chi connectivity index (χ4n) is 7.76. The first-order valence-corrected chi connectivity index (χ1v) is 21.4. The number of fused-ring (bicyclic) bond motifs is 1. The summed E-state index contributed by atoms with van der Waals surface area (Å²) in [6, 6.07) is 9.44. The van der Waals surface area contributed by atoms with Crippen LogP contribution in [0.2, 0.25) is 5.02 Å². The van der Waals surface area contributed by atoms with Crippen molar-refractivity contribution in [2.24, 2.45) is 17.3 Å². The van der Waals surface area contributed by atoms with Crippen LogP contribution in [0, 0.1) is 17.3 Å². The first kappa shape index (κ1) is 41.4. The monoisotopic (exact) mass is 836 g/mol. The summed E-state index contributed by atoms with van der Waals surface area (Å²) in [7, 11) is -2.42. The summed E-state index contributed by atoms with van der Waals surface area (Å²) < 4.78 is 45.4. The topological polar surface area (TPSA) is 186 Å². The largest absolute Gasteiger partial charge is 0.495 e. The van der Waals surface area contributed by atoms with Crippen molar-refractivity contribution in [2.45, 2.75) is 75.8 Å². The van der Waals surface area contributed by atoms with Crippen LogP contribution in [0.1, 0.15) is 52.9 Å². The van der Waals surface area contributed by atoms with Crippen molar-refractivity contribution in [1.82, 2.24) is 29.8 Å². The van der Waals surface area contributed by atoms with Gasteiger partial charge in [-0.2, -0.15) is 0 Å². The molecule has 2 aromatic heterocycles. The molecule has 7 rings (SSSR count). The molecule has 4 amide bonds. The van der Waals surface area contributed by atoms with Crippen molar-refractivity contribution in [2.75, 3.05) is 40.0 Å². The standard InChI is InChI=1S/C41H49ClN6O9S/c1-6-24-22-41(24,39(52)46-58(53,54)26-10-11-26)45-37(50)31-19-25(23-48(31)38(51)28(40(2,3)4)20-34(49)47-15-17-56-18-16-47)57-33-21-30(29-9-7-8-14-43-29)44-36-27(33)12-13-32(55-5)35(36)42/h6-9,12-14,21,24-26,28,31H,1,10-11,15-20,22-23H2,2-5H3,(H,45,50)(H,46,52)/t24-,25-,28-,31+,41-/m1/s1. The van der Waals surface area contributed by atoms with Crippen molar-refractivity contribution in [3.05, 3.63) is 60.3 Å². The molecule has 2 aliphatic carbocycles. The number of aromatic nitrogens is 2. The Balaban J connectivity index is 1.23. The van der Waals surface area contributed by atoms with E-state index in [4.69, 9.17) is 30.8 Å². The second kappa shape index (κ2) is 16.1. The van der Waals surface area contributed by atoms with E-state index in [1.165, 1.54) is 18.1 Å². The molecule has 1 aromatic carbocycles. The van der Waals surface area contributed by atoms with Gasteiger partial charge in [-0.1, -0.05) is 44.5 Å². The molecule has 5 atom stereocenters. The van der Waals surface area contributed by atoms with Gasteiger partial charge in [0.15, 0.2) is 0 Å². The van der Waals surface area contributed by atoms with Crippen LogP contribution in [-0.2, 0) is 33.9 Å². The molecule has 4 aliphatic rings. The molecule has 0 spiro atoms. The highest BCUT2D eigenvalue weighted by Crippen LogP contribution is 2.46. The van der Waals surface area contributed by atoms with Crippen molar-refractivity contribution < 1.29 is 41.8 Å². The quantitative estimate of drug-likeness (QED) is 0.238. The number of pyridine rings is 2. The average Bonchev–Trinajstić information content (AvgIpc) is 4.14. The van der Waals surface area contributed by atoms with E-state index in [2.05, 4.69) is 21.6 Å². The number of nitrogens with one attached hydrogen (secondary N) is 2. The molecule has 58 heavy (non-hydrogen) atoms. The summed E-state index contributed by atoms with van der Waals surface area (Å²) in [5, 5.41) is 3.00. The number of halogens is 1. The van der Waals surface area contributed by atoms with Crippen LogP contribution in [-0.4, -0.2) is 115 Å². The van der Waals surface area contributed by atoms with E-state index in [1.54, 1.807) is 41.4 Å². The summed E-state index contributed by atoms with van der Waals surface area (Å²) in [4.78, 5) is 69.0. The third-order valence-corrected chi connectivity index (χ3v) is 13.7. The molecule has 2 saturated carbocycles. The number of methoxy groups -OCH3 is 1. The summed E-state index contributed by atoms with van der Waals surface area (Å²) in [6.45, 7) is 11.0. The number of hydrogen-bond donors (Lipinski definition) is 2. The second-order valence-corrected chi connectivity index (χ2v) is 18.8. The summed E-state index contributed by atoms with van der Waals surface area (Å²) in [6.07, 6.45) is 3.34. The van der Waals surface area contributed by atoms with Crippen molar-refractivity contribution >= 4 is 56.2 Å². The molecule has 4 heterocycles. The minimum absolute atomic E-state index is 0.00922. The molecule has 310 valence electrons. The van der Waals surface area contributed by atoms with E-state index in [9.17, 15) is 27.6 Å². The molecule has 17 heteroatoms. The van der Waals surface area contributed by atoms with Gasteiger partial charge in [-0.3, -0.25) is 28.9 Å². The first-order valence-electron chi connectivity index (χ1n) is 19.5. The lowest BCUT2D eigenvalue weighted by Gasteiger charge is -2.36. The summed E-state index contributed by atoms with van der Waals surface area (Å²) >= 11 is 6.79. The zero-order valence-electron chi connectivity index (χ0n) is 33.0. The lowest BCUT2D eigenvalue weighted by atomic mass is 9.77. The van der Waals surface area contributed by atoms with Crippen molar-refractivity contribution in [3.63, 3.8) is 0 Å². The van der Waals surface area contributed by atoms with Gasteiger partial charge < -0.3 is 29.3 Å². The molecule has 0 radical (unpaired) electrons. The number of benzene rings is 1. The Kier molecular flexibility index (Phi) is 11.5. The van der Waals surface area contributed by atoms with E-state index in [-0.39, 0.29) is 36.7 Å². The van der Waals surface area contributed by atoms with Crippen LogP contribution in [0.3, 0.4) is 0 Å². The van der Waals surface area contributed by atoms with Crippen LogP contribution >= 0.6 is 11.6 Å². The number of carbonyl (C=O) groups excluding carboxylic acids is 4. The number of hydrogen-bond acceptors (Lipinski definition) is 11. The highest BCUT2D eigenvalue weighted by Gasteiger charge is 2.62. The van der Waals surface area contributed by atoms with Crippen LogP contribution in [0.15, 0.2) is 55.3 Å². The SMILES string of the molecule is C=C[C@@H]1C[C@]1(NC(=O)[C@@H]1C[C@@H](Oc2cc(-c3ccccn3)nc3c(Cl)c(OC)ccc23)CN1C(=O)[C@@H](CC(=O)N1CCOCC1)C(C)(C)C)C(=O)NS(=O)(=O)C1CC1. The van der Waals surface area contributed by atoms with Gasteiger partial charge in [-0.15, -0.1) is 6.58 Å². The predicted octanol–water partition coefficient (Wildman–Crippen LogP) is 3.89. The van der Waals surface area contributed by atoms with E-state index in [0.717, 1.165) is 0 Å². The lowest BCUT2D eigenvalue weighted by molar-refractivity contribution is -0.149. The first-order chi connectivity index (χ1) is 27.6. The lowest BCUT2D eigenvalue weighted by Crippen LogP contribution is -2.57. The Morgan fingerprint density at radius 2 is 1.84 bits per heavy atom. The second-order valence-electron chi connectivity index (χ2n) is 16.5. The molecule has 3 aromatic rings. The van der Waals surface area contributed by atoms with Crippen LogP contribution in [0.4, 0.5) is 0 Å². The molecular formula is C41H49ClN6O9S. The third-order valence-electron chi connectivity index (χ3n) is 11.5. The number of nitrogens with zero attached hydrogens (tertiary/aromatic N) is 4. The van der Waals surface area contributed by atoms with Crippen LogP contribution in [0.25, 0.3) is 22.3 Å². The van der Waals surface area contributed by atoms with Gasteiger partial charge >= 0.3 is 0 Å². The number of likely N-dealkylation sites (tertiary alicyclic amines) is 1. The predicted molar refractivity (Wildman–Crippen MR) is 215 cm³/mol. The molecule has 4 fully saturated rings. The van der Waals surface area contributed by atoms with E-state index in [0.29, 0.717) is 72.9 Å². The zero-order valence-corrected chi connectivity index (χ0v) is 34.6. The van der Waals surface area contributed by atoms with Crippen LogP contribution in [0.5, 0.6) is 11.5 Å². The minimum atomic E-state index is -3.92. The Bertz CT molecular complexity index is 2230. The number of sulfonamides is 1. The Hall–Kier alpha value is -4.80. The summed E-state index contributed by atoms with van der Waals surface area (Å²) in [5.41, 5.74) is -0.853. The maximum Gasteiger partial charge on any atom is 0.259 e. The smallest absolute Gasteiger partial charge is 0.259 e. The molecule has 0 unspecified atom stereocenters. The fraction of sp³-hybridized carbons (Fsp3) is 0.512. The van der Waals surface area contributed by atoms with E-state index >= 15 is 0 Å². The molecule has 2 aliphatic heterocycles. The maximum atomic E-state index is 14.9. The number of ether oxygens (including phenoxy) is 3. The van der Waals surface area contributed by atoms with E-state index < -0.39 is 67.9 Å². The number of carbonyl (C=O) groups is 4. The highest BCUT2D eigenvalue weighted by atomic mass is 35.5. The number of morpholine rings is 1. The average molecular weight is 837 g/mol. The zero-order chi connectivity index (χ0) is 41.6. The highest BCUT2D eigenvalue weighted by molar-refractivity contribution is 7.91. The van der Waals surface area contributed by atoms with Crippen LogP contribution < -0.4 is 19.5 Å². The van der Waals surface area contributed by atoms with Gasteiger partial charge in [0.25, 0.3) is 5.91 Å². The molecule has 15 nitrogen and oxygen atoms in total. The molecule has 2 N–H and O–H groups in total. The Labute approximate surface area is 342 Å². The van der Waals surface area contributed by atoms with Gasteiger partial charge in [-0.25, -0.2) is 13.4 Å². The summed E-state index contributed by atoms with van der Waals surface area (Å²) in [5.74, 6) is -2.71. The van der Waals surface area contributed by atoms with Gasteiger partial charge in [-0.05, 0) is 48.9 Å². The molecule has 0 bridgehead atoms. The van der Waals surface area contributed by atoms with Gasteiger partial charge in [0, 0.05) is 49.5 Å². The van der Waals surface area contributed by atoms with Crippen molar-refractivity contribution in [1.29, 1.82) is 0 Å². The van der Waals surface area contributed by atoms with E-state index in [1.807, 2.05) is 26.8 Å². The number of amides is 4. The molecular weight excluding hydrogens is 788 g/mol. The minimum Gasteiger partial charge on any atom is -0.495 e.